The van der Waals surface area contributed by atoms with Gasteiger partial charge in [0.05, 0.1) is 16.0 Å². The first-order valence-corrected chi connectivity index (χ1v) is 23.0. The van der Waals surface area contributed by atoms with Crippen LogP contribution in [0, 0.1) is 35.5 Å². The Balaban J connectivity index is 0.871. The SMILES string of the molecule is C(#CC1CCOCC1)c1ncc(-c2cc(N3CCC(Oc4cncc5ccc(-c6cnc(C#CC7CCOCC7)s6)cc45)CC3)c3cnc(OC4CCNCC4)cc3c2)s1. The van der Waals surface area contributed by atoms with Crippen molar-refractivity contribution in [1.82, 2.24) is 25.3 Å². The van der Waals surface area contributed by atoms with Gasteiger partial charge >= 0.3 is 0 Å². The van der Waals surface area contributed by atoms with Crippen LogP contribution >= 0.6 is 22.7 Å². The lowest BCUT2D eigenvalue weighted by Crippen LogP contribution is -2.38. The van der Waals surface area contributed by atoms with Crippen molar-refractivity contribution in [3.63, 3.8) is 0 Å². The first-order valence-electron chi connectivity index (χ1n) is 21.4. The normalized spacial score (nSPS) is 18.5. The fourth-order valence-electron chi connectivity index (χ4n) is 8.49. The summed E-state index contributed by atoms with van der Waals surface area (Å²) >= 11 is 3.29. The van der Waals surface area contributed by atoms with E-state index in [0.717, 1.165) is 162 Å². The van der Waals surface area contributed by atoms with Gasteiger partial charge in [0.2, 0.25) is 5.88 Å². The number of hydrogen-bond acceptors (Lipinski definition) is 12. The third-order valence-electron chi connectivity index (χ3n) is 12.0. The Bertz CT molecular complexity index is 2580. The predicted molar refractivity (Wildman–Crippen MR) is 239 cm³/mol. The molecule has 1 N–H and O–H groups in total. The van der Waals surface area contributed by atoms with Gasteiger partial charge in [-0.3, -0.25) is 4.98 Å². The molecule has 0 saturated carbocycles. The Kier molecular flexibility index (Phi) is 11.9. The number of rotatable bonds is 7. The van der Waals surface area contributed by atoms with Gasteiger partial charge in [-0.15, -0.1) is 22.7 Å². The third-order valence-corrected chi connectivity index (χ3v) is 13.9. The second kappa shape index (κ2) is 18.3. The fourth-order valence-corrected chi connectivity index (χ4v) is 10.0. The summed E-state index contributed by atoms with van der Waals surface area (Å²) in [6.45, 7) is 6.79. The van der Waals surface area contributed by atoms with Gasteiger partial charge in [-0.2, -0.15) is 0 Å². The number of nitrogens with one attached hydrogen (secondary N) is 1. The van der Waals surface area contributed by atoms with E-state index in [-0.39, 0.29) is 12.2 Å². The van der Waals surface area contributed by atoms with Crippen molar-refractivity contribution in [2.45, 2.75) is 63.6 Å². The van der Waals surface area contributed by atoms with Crippen molar-refractivity contribution in [2.24, 2.45) is 11.8 Å². The molecule has 4 fully saturated rings. The zero-order chi connectivity index (χ0) is 40.1. The Morgan fingerprint density at radius 3 is 1.98 bits per heavy atom. The van der Waals surface area contributed by atoms with Gasteiger partial charge in [0.1, 0.15) is 18.0 Å². The average molecular weight is 837 g/mol. The maximum Gasteiger partial charge on any atom is 0.214 e. The molecule has 306 valence electrons. The monoisotopic (exact) mass is 836 g/mol. The van der Waals surface area contributed by atoms with Crippen LogP contribution < -0.4 is 19.7 Å². The summed E-state index contributed by atoms with van der Waals surface area (Å²) in [5, 5.41) is 9.47. The van der Waals surface area contributed by atoms with Crippen LogP contribution in [-0.2, 0) is 9.47 Å². The number of fused-ring (bicyclic) bond motifs is 2. The summed E-state index contributed by atoms with van der Waals surface area (Å²) in [5.41, 5.74) is 3.40. The number of pyridine rings is 2. The van der Waals surface area contributed by atoms with E-state index in [1.807, 2.05) is 31.0 Å². The number of aromatic nitrogens is 4. The highest BCUT2D eigenvalue weighted by atomic mass is 32.1. The van der Waals surface area contributed by atoms with Crippen molar-refractivity contribution in [3.8, 4) is 56.2 Å². The molecular formula is C48H48N6O4S2. The summed E-state index contributed by atoms with van der Waals surface area (Å²) in [4.78, 5) is 23.5. The van der Waals surface area contributed by atoms with E-state index < -0.39 is 0 Å². The Morgan fingerprint density at radius 2 is 1.28 bits per heavy atom. The number of benzene rings is 2. The predicted octanol–water partition coefficient (Wildman–Crippen LogP) is 8.76. The molecule has 0 atom stereocenters. The maximum atomic E-state index is 6.80. The Labute approximate surface area is 359 Å². The molecule has 4 aliphatic heterocycles. The van der Waals surface area contributed by atoms with Crippen LogP contribution in [-0.4, -0.2) is 84.8 Å². The Hall–Kier alpha value is -5.08. The molecule has 4 aliphatic rings. The second-order valence-corrected chi connectivity index (χ2v) is 18.1. The van der Waals surface area contributed by atoms with Crippen LogP contribution in [0.25, 0.3) is 42.4 Å². The quantitative estimate of drug-likeness (QED) is 0.157. The van der Waals surface area contributed by atoms with E-state index in [4.69, 9.17) is 28.9 Å². The zero-order valence-electron chi connectivity index (χ0n) is 33.7. The van der Waals surface area contributed by atoms with E-state index >= 15 is 0 Å². The van der Waals surface area contributed by atoms with E-state index in [9.17, 15) is 0 Å². The van der Waals surface area contributed by atoms with Gasteiger partial charge in [-0.05, 0) is 98.2 Å². The van der Waals surface area contributed by atoms with Crippen molar-refractivity contribution in [1.29, 1.82) is 0 Å². The highest BCUT2D eigenvalue weighted by Crippen LogP contribution is 2.39. The minimum absolute atomic E-state index is 0.0590. The molecule has 8 heterocycles. The van der Waals surface area contributed by atoms with E-state index in [1.165, 1.54) is 5.69 Å². The number of piperidine rings is 2. The molecule has 4 aromatic heterocycles. The smallest absolute Gasteiger partial charge is 0.214 e. The number of nitrogens with zero attached hydrogens (tertiary/aromatic N) is 5. The molecule has 10 nitrogen and oxygen atoms in total. The molecule has 0 aliphatic carbocycles. The van der Waals surface area contributed by atoms with Crippen LogP contribution in [0.3, 0.4) is 0 Å². The van der Waals surface area contributed by atoms with Crippen LogP contribution in [0.15, 0.2) is 67.4 Å². The molecule has 4 saturated heterocycles. The Morgan fingerprint density at radius 1 is 0.617 bits per heavy atom. The van der Waals surface area contributed by atoms with Gasteiger partial charge in [0.25, 0.3) is 0 Å². The lowest BCUT2D eigenvalue weighted by atomic mass is 10.0. The van der Waals surface area contributed by atoms with Crippen molar-refractivity contribution >= 4 is 49.9 Å². The number of thiazole rings is 2. The summed E-state index contributed by atoms with van der Waals surface area (Å²) in [7, 11) is 0. The summed E-state index contributed by atoms with van der Waals surface area (Å²) < 4.78 is 24.2. The molecule has 6 aromatic rings. The minimum atomic E-state index is 0.0590. The minimum Gasteiger partial charge on any atom is -0.488 e. The van der Waals surface area contributed by atoms with Crippen LogP contribution in [0.4, 0.5) is 5.69 Å². The standard InChI is InChI=1S/C48H48N6O4S2/c1(32-11-19-55-20-12-32)5-47-52-30-44(59-47)34-3-4-35-27-50-29-43(40(35)24-34)57-39-9-17-54(18-10-39)42-25-37(45-31-53-48(60-45)6-2-33-13-21-56-22-14-33)23-36-26-46(51-28-41(36)42)58-38-7-15-49-16-8-38/h3-4,23-33,38-39,49H,7-22H2. The van der Waals surface area contributed by atoms with E-state index in [1.54, 1.807) is 22.7 Å². The second-order valence-electron chi connectivity index (χ2n) is 16.1. The average Bonchev–Trinajstić information content (AvgIpc) is 3.99. The molecule has 10 rings (SSSR count). The molecule has 0 bridgehead atoms. The lowest BCUT2D eigenvalue weighted by molar-refractivity contribution is 0.0806. The largest absolute Gasteiger partial charge is 0.488 e. The molecular weight excluding hydrogens is 789 g/mol. The van der Waals surface area contributed by atoms with E-state index in [2.05, 4.69) is 80.3 Å². The summed E-state index contributed by atoms with van der Waals surface area (Å²) in [5.74, 6) is 15.8. The first kappa shape index (κ1) is 39.1. The summed E-state index contributed by atoms with van der Waals surface area (Å²) in [6.07, 6.45) is 17.6. The number of anilines is 1. The number of ether oxygens (including phenoxy) is 4. The molecule has 12 heteroatoms. The van der Waals surface area contributed by atoms with Gasteiger partial charge in [0, 0.05) is 117 Å². The van der Waals surface area contributed by atoms with Crippen LogP contribution in [0.2, 0.25) is 0 Å². The maximum absolute atomic E-state index is 6.80. The highest BCUT2D eigenvalue weighted by molar-refractivity contribution is 7.16. The molecule has 0 radical (unpaired) electrons. The molecule has 2 aromatic carbocycles. The zero-order valence-corrected chi connectivity index (χ0v) is 35.3. The third kappa shape index (κ3) is 9.14. The molecule has 0 amide bonds. The highest BCUT2D eigenvalue weighted by Gasteiger charge is 2.25. The van der Waals surface area contributed by atoms with Gasteiger partial charge < -0.3 is 29.2 Å². The van der Waals surface area contributed by atoms with Gasteiger partial charge in [-0.1, -0.05) is 24.0 Å². The van der Waals surface area contributed by atoms with Crippen molar-refractivity contribution < 1.29 is 18.9 Å². The van der Waals surface area contributed by atoms with Gasteiger partial charge in [-0.25, -0.2) is 15.0 Å². The molecule has 0 spiro atoms. The molecule has 60 heavy (non-hydrogen) atoms. The van der Waals surface area contributed by atoms with Crippen LogP contribution in [0.5, 0.6) is 11.6 Å². The van der Waals surface area contributed by atoms with Crippen LogP contribution in [0.1, 0.15) is 61.4 Å². The van der Waals surface area contributed by atoms with Gasteiger partial charge in [0.15, 0.2) is 10.0 Å². The number of hydrogen-bond donors (Lipinski definition) is 1. The summed E-state index contributed by atoms with van der Waals surface area (Å²) in [6, 6.07) is 13.1. The van der Waals surface area contributed by atoms with Crippen molar-refractivity contribution in [2.75, 3.05) is 57.5 Å². The van der Waals surface area contributed by atoms with Crippen molar-refractivity contribution in [3.05, 3.63) is 77.4 Å². The fraction of sp³-hybridized carbons (Fsp3) is 0.417. The lowest BCUT2D eigenvalue weighted by Gasteiger charge is -2.34. The van der Waals surface area contributed by atoms with E-state index in [0.29, 0.717) is 17.7 Å². The molecule has 0 unspecified atom stereocenters. The topological polar surface area (TPSA) is 104 Å². The first-order chi connectivity index (χ1) is 29.7.